The Bertz CT molecular complexity index is 2880. The van der Waals surface area contributed by atoms with Crippen LogP contribution in [0.4, 0.5) is 0 Å². The van der Waals surface area contributed by atoms with Gasteiger partial charge in [-0.3, -0.25) is 0 Å². The van der Waals surface area contributed by atoms with Crippen molar-refractivity contribution in [2.45, 2.75) is 0 Å². The number of fused-ring (bicyclic) bond motifs is 3. The van der Waals surface area contributed by atoms with Gasteiger partial charge in [-0.05, 0) is 62.7 Å². The van der Waals surface area contributed by atoms with Crippen molar-refractivity contribution in [2.75, 3.05) is 0 Å². The van der Waals surface area contributed by atoms with Crippen LogP contribution < -0.4 is 0 Å². The van der Waals surface area contributed by atoms with Gasteiger partial charge in [0.25, 0.3) is 0 Å². The third kappa shape index (κ3) is 6.16. The van der Waals surface area contributed by atoms with E-state index < -0.39 is 0 Å². The molecule has 0 spiro atoms. The Morgan fingerprint density at radius 2 is 0.673 bits per heavy atom. The van der Waals surface area contributed by atoms with Gasteiger partial charge in [0.05, 0.1) is 0 Å². The molecule has 55 heavy (non-hydrogen) atoms. The van der Waals surface area contributed by atoms with Crippen molar-refractivity contribution in [1.82, 2.24) is 15.0 Å². The number of furan rings is 1. The van der Waals surface area contributed by atoms with E-state index in [1.54, 1.807) is 0 Å². The summed E-state index contributed by atoms with van der Waals surface area (Å²) in [5.41, 5.74) is 13.8. The fourth-order valence-electron chi connectivity index (χ4n) is 7.43. The molecule has 4 heteroatoms. The maximum Gasteiger partial charge on any atom is 0.164 e. The van der Waals surface area contributed by atoms with Gasteiger partial charge in [0.2, 0.25) is 0 Å². The first-order valence-corrected chi connectivity index (χ1v) is 18.4. The van der Waals surface area contributed by atoms with E-state index in [-0.39, 0.29) is 0 Å². The van der Waals surface area contributed by atoms with E-state index >= 15 is 0 Å². The molecule has 10 rings (SSSR count). The first-order chi connectivity index (χ1) is 27.2. The predicted octanol–water partition coefficient (Wildman–Crippen LogP) is 13.4. The molecule has 4 nitrogen and oxygen atoms in total. The molecule has 10 aromatic rings. The lowest BCUT2D eigenvalue weighted by Crippen LogP contribution is -2.00. The van der Waals surface area contributed by atoms with Crippen LogP contribution in [0.2, 0.25) is 0 Å². The average Bonchev–Trinajstić information content (AvgIpc) is 3.66. The molecule has 0 aliphatic carbocycles. The lowest BCUT2D eigenvalue weighted by Gasteiger charge is -2.12. The van der Waals surface area contributed by atoms with Gasteiger partial charge in [-0.1, -0.05) is 182 Å². The normalized spacial score (nSPS) is 11.3. The monoisotopic (exact) mass is 703 g/mol. The summed E-state index contributed by atoms with van der Waals surface area (Å²) in [6.45, 7) is 0. The van der Waals surface area contributed by atoms with Crippen LogP contribution in [0.25, 0.3) is 101 Å². The minimum atomic E-state index is 0.629. The van der Waals surface area contributed by atoms with Gasteiger partial charge in [-0.25, -0.2) is 15.0 Å². The molecule has 0 fully saturated rings. The molecule has 2 aromatic heterocycles. The Morgan fingerprint density at radius 1 is 0.273 bits per heavy atom. The summed E-state index contributed by atoms with van der Waals surface area (Å²) >= 11 is 0. The number of benzene rings is 8. The number of nitrogens with zero attached hydrogens (tertiary/aromatic N) is 3. The second-order valence-corrected chi connectivity index (χ2v) is 13.6. The van der Waals surface area contributed by atoms with Crippen molar-refractivity contribution in [3.05, 3.63) is 200 Å². The number of rotatable bonds is 7. The summed E-state index contributed by atoms with van der Waals surface area (Å²) < 4.78 is 6.45. The molecule has 0 amide bonds. The van der Waals surface area contributed by atoms with Crippen LogP contribution in [-0.2, 0) is 0 Å². The molecule has 258 valence electrons. The van der Waals surface area contributed by atoms with E-state index in [1.165, 1.54) is 27.8 Å². The molecule has 2 heterocycles. The van der Waals surface area contributed by atoms with Crippen LogP contribution in [0.3, 0.4) is 0 Å². The zero-order valence-electron chi connectivity index (χ0n) is 29.8. The number of aromatic nitrogens is 3. The molecule has 8 aromatic carbocycles. The van der Waals surface area contributed by atoms with Crippen molar-refractivity contribution in [1.29, 1.82) is 0 Å². The van der Waals surface area contributed by atoms with Crippen molar-refractivity contribution >= 4 is 21.9 Å². The van der Waals surface area contributed by atoms with Crippen molar-refractivity contribution in [3.8, 4) is 78.7 Å². The van der Waals surface area contributed by atoms with Gasteiger partial charge < -0.3 is 4.42 Å². The quantitative estimate of drug-likeness (QED) is 0.166. The van der Waals surface area contributed by atoms with Crippen molar-refractivity contribution in [3.63, 3.8) is 0 Å². The van der Waals surface area contributed by atoms with Crippen LogP contribution in [0, 0.1) is 0 Å². The lowest BCUT2D eigenvalue weighted by atomic mass is 9.92. The third-order valence-corrected chi connectivity index (χ3v) is 10.2. The van der Waals surface area contributed by atoms with Gasteiger partial charge in [0.15, 0.2) is 17.5 Å². The van der Waals surface area contributed by atoms with E-state index in [9.17, 15) is 0 Å². The minimum Gasteiger partial charge on any atom is -0.456 e. The Balaban J connectivity index is 1.03. The standard InChI is InChI=1S/C51H33N3O/c1-4-13-34(14-5-1)35-23-25-36(26-24-35)42-19-10-11-20-43(42)41-31-32-46-45(33-41)48-44(21-12-22-47(48)55-46)37-27-29-40(30-28-37)51-53-49(38-15-6-2-7-16-38)52-50(54-51)39-17-8-3-9-18-39/h1-33H. The van der Waals surface area contributed by atoms with Gasteiger partial charge in [-0.2, -0.15) is 0 Å². The van der Waals surface area contributed by atoms with E-state index in [0.717, 1.165) is 55.3 Å². The van der Waals surface area contributed by atoms with Crippen LogP contribution >= 0.6 is 0 Å². The predicted molar refractivity (Wildman–Crippen MR) is 225 cm³/mol. The van der Waals surface area contributed by atoms with Crippen LogP contribution in [0.15, 0.2) is 205 Å². The second-order valence-electron chi connectivity index (χ2n) is 13.6. The Kier molecular flexibility index (Phi) is 8.12. The highest BCUT2D eigenvalue weighted by Crippen LogP contribution is 2.41. The van der Waals surface area contributed by atoms with Gasteiger partial charge in [0, 0.05) is 27.5 Å². The smallest absolute Gasteiger partial charge is 0.164 e. The van der Waals surface area contributed by atoms with Crippen LogP contribution in [-0.4, -0.2) is 15.0 Å². The minimum absolute atomic E-state index is 0.629. The van der Waals surface area contributed by atoms with Gasteiger partial charge in [0.1, 0.15) is 11.2 Å². The molecule has 0 bridgehead atoms. The fourth-order valence-corrected chi connectivity index (χ4v) is 7.43. The zero-order chi connectivity index (χ0) is 36.6. The molecule has 0 atom stereocenters. The first kappa shape index (κ1) is 32.2. The van der Waals surface area contributed by atoms with Crippen LogP contribution in [0.5, 0.6) is 0 Å². The third-order valence-electron chi connectivity index (χ3n) is 10.2. The molecule has 0 radical (unpaired) electrons. The molecule has 0 unspecified atom stereocenters. The Morgan fingerprint density at radius 3 is 1.25 bits per heavy atom. The molecular weight excluding hydrogens is 671 g/mol. The summed E-state index contributed by atoms with van der Waals surface area (Å²) in [5, 5.41) is 2.17. The van der Waals surface area contributed by atoms with Gasteiger partial charge in [-0.15, -0.1) is 0 Å². The van der Waals surface area contributed by atoms with E-state index in [2.05, 4.69) is 140 Å². The molecule has 0 saturated carbocycles. The molecule has 0 saturated heterocycles. The molecule has 0 N–H and O–H groups in total. The molecule has 0 aliphatic heterocycles. The summed E-state index contributed by atoms with van der Waals surface area (Å²) in [4.78, 5) is 14.7. The Hall–Kier alpha value is -7.43. The van der Waals surface area contributed by atoms with Crippen molar-refractivity contribution in [2.24, 2.45) is 0 Å². The summed E-state index contributed by atoms with van der Waals surface area (Å²) in [5.74, 6) is 1.92. The van der Waals surface area contributed by atoms with Crippen LogP contribution in [0.1, 0.15) is 0 Å². The maximum atomic E-state index is 6.45. The summed E-state index contributed by atoms with van der Waals surface area (Å²) in [6, 6.07) is 69.4. The number of hydrogen-bond donors (Lipinski definition) is 0. The summed E-state index contributed by atoms with van der Waals surface area (Å²) in [6.07, 6.45) is 0. The SMILES string of the molecule is c1ccc(-c2ccc(-c3ccccc3-c3ccc4oc5cccc(-c6ccc(-c7nc(-c8ccccc8)nc(-c8ccccc8)n7)cc6)c5c4c3)cc2)cc1. The fraction of sp³-hybridized carbons (Fsp3) is 0. The Labute approximate surface area is 319 Å². The highest BCUT2D eigenvalue weighted by Gasteiger charge is 2.17. The molecule has 0 aliphatic rings. The zero-order valence-corrected chi connectivity index (χ0v) is 29.8. The van der Waals surface area contributed by atoms with E-state index in [4.69, 9.17) is 19.4 Å². The topological polar surface area (TPSA) is 51.8 Å². The van der Waals surface area contributed by atoms with E-state index in [0.29, 0.717) is 17.5 Å². The van der Waals surface area contributed by atoms with Gasteiger partial charge >= 0.3 is 0 Å². The highest BCUT2D eigenvalue weighted by atomic mass is 16.3. The van der Waals surface area contributed by atoms with Crippen molar-refractivity contribution < 1.29 is 4.42 Å². The average molecular weight is 704 g/mol. The molecular formula is C51H33N3O. The number of hydrogen-bond acceptors (Lipinski definition) is 4. The summed E-state index contributed by atoms with van der Waals surface area (Å²) in [7, 11) is 0. The second kappa shape index (κ2) is 13.8. The first-order valence-electron chi connectivity index (χ1n) is 18.4. The maximum absolute atomic E-state index is 6.45. The highest BCUT2D eigenvalue weighted by molar-refractivity contribution is 6.13. The largest absolute Gasteiger partial charge is 0.456 e. The lowest BCUT2D eigenvalue weighted by molar-refractivity contribution is 0.669. The van der Waals surface area contributed by atoms with E-state index in [1.807, 2.05) is 60.7 Å².